The molecule has 0 aromatic heterocycles. The molecule has 0 saturated heterocycles. The molecule has 0 N–H and O–H groups in total. The molecule has 2 atom stereocenters. The van der Waals surface area contributed by atoms with Crippen molar-refractivity contribution in [2.75, 3.05) is 0 Å². The summed E-state index contributed by atoms with van der Waals surface area (Å²) in [6.45, 7) is 10.3. The van der Waals surface area contributed by atoms with Crippen molar-refractivity contribution in [2.45, 2.75) is 32.0 Å². The summed E-state index contributed by atoms with van der Waals surface area (Å²) in [5.41, 5.74) is 1.27. The molecule has 0 aromatic rings. The molecule has 0 nitrogen and oxygen atoms in total. The van der Waals surface area contributed by atoms with Gasteiger partial charge in [0.05, 0.1) is 0 Å². The number of hydrogen-bond acceptors (Lipinski definition) is 0. The van der Waals surface area contributed by atoms with Gasteiger partial charge in [0.25, 0.3) is 0 Å². The maximum Gasteiger partial charge on any atom is 0.0146 e. The van der Waals surface area contributed by atoms with Crippen LogP contribution in [0.3, 0.4) is 0 Å². The molecular formula is C8H15Br. The summed E-state index contributed by atoms with van der Waals surface area (Å²) in [4.78, 5) is 0.606. The second kappa shape index (κ2) is 4.10. The Hall–Kier alpha value is 0.220. The second-order valence-corrected chi connectivity index (χ2v) is 4.26. The van der Waals surface area contributed by atoms with Crippen LogP contribution in [-0.2, 0) is 0 Å². The van der Waals surface area contributed by atoms with Gasteiger partial charge in [-0.2, -0.15) is 0 Å². The number of alkyl halides is 1. The highest BCUT2D eigenvalue weighted by atomic mass is 79.9. The van der Waals surface area contributed by atoms with Crippen LogP contribution in [-0.4, -0.2) is 4.83 Å². The zero-order valence-corrected chi connectivity index (χ0v) is 8.03. The Morgan fingerprint density at radius 3 is 2.11 bits per heavy atom. The first-order valence-electron chi connectivity index (χ1n) is 3.32. The molecule has 0 heterocycles. The van der Waals surface area contributed by atoms with Crippen LogP contribution in [0, 0.1) is 5.92 Å². The van der Waals surface area contributed by atoms with Crippen molar-refractivity contribution in [1.29, 1.82) is 0 Å². The zero-order valence-electron chi connectivity index (χ0n) is 6.45. The molecule has 0 spiro atoms. The van der Waals surface area contributed by atoms with E-state index in [9.17, 15) is 0 Å². The zero-order chi connectivity index (χ0) is 7.44. The van der Waals surface area contributed by atoms with E-state index in [4.69, 9.17) is 0 Å². The highest BCUT2D eigenvalue weighted by Gasteiger charge is 2.07. The van der Waals surface area contributed by atoms with E-state index in [0.29, 0.717) is 10.7 Å². The smallest absolute Gasteiger partial charge is 0.0146 e. The summed E-state index contributed by atoms with van der Waals surface area (Å²) >= 11 is 3.53. The van der Waals surface area contributed by atoms with Gasteiger partial charge in [0.15, 0.2) is 0 Å². The fraction of sp³-hybridized carbons (Fsp3) is 0.750. The van der Waals surface area contributed by atoms with Gasteiger partial charge in [-0.25, -0.2) is 0 Å². The third-order valence-electron chi connectivity index (χ3n) is 1.45. The van der Waals surface area contributed by atoms with Gasteiger partial charge in [0.1, 0.15) is 0 Å². The van der Waals surface area contributed by atoms with Gasteiger partial charge in [-0.3, -0.25) is 0 Å². The normalized spacial score (nSPS) is 16.9. The largest absolute Gasteiger partial charge is 0.100 e. The Bertz CT molecular complexity index is 94.7. The summed E-state index contributed by atoms with van der Waals surface area (Å²) in [5, 5.41) is 0. The minimum Gasteiger partial charge on any atom is -0.100 e. The van der Waals surface area contributed by atoms with E-state index in [1.54, 1.807) is 0 Å². The first-order chi connectivity index (χ1) is 4.04. The predicted octanol–water partition coefficient (Wildman–Crippen LogP) is 3.37. The summed E-state index contributed by atoms with van der Waals surface area (Å²) < 4.78 is 0. The monoisotopic (exact) mass is 190 g/mol. The second-order valence-electron chi connectivity index (χ2n) is 2.82. The lowest BCUT2D eigenvalue weighted by Crippen LogP contribution is -2.05. The van der Waals surface area contributed by atoms with Crippen molar-refractivity contribution in [1.82, 2.24) is 0 Å². The molecule has 0 saturated carbocycles. The number of hydrogen-bond donors (Lipinski definition) is 0. The highest BCUT2D eigenvalue weighted by molar-refractivity contribution is 9.09. The average Bonchev–Trinajstić information content (AvgIpc) is 1.63. The van der Waals surface area contributed by atoms with E-state index < -0.39 is 0 Å². The van der Waals surface area contributed by atoms with Crippen molar-refractivity contribution in [3.8, 4) is 0 Å². The van der Waals surface area contributed by atoms with Crippen LogP contribution in [0.2, 0.25) is 0 Å². The summed E-state index contributed by atoms with van der Waals surface area (Å²) in [6, 6.07) is 0. The van der Waals surface area contributed by atoms with E-state index in [1.807, 2.05) is 0 Å². The molecule has 1 heteroatoms. The van der Waals surface area contributed by atoms with Crippen LogP contribution in [0.1, 0.15) is 27.2 Å². The standard InChI is InChI=1S/C8H15Br/c1-6(2)5-7(3)8(4)9/h7-8H,1,5H2,2-4H3. The highest BCUT2D eigenvalue weighted by Crippen LogP contribution is 2.18. The molecule has 0 rings (SSSR count). The predicted molar refractivity (Wildman–Crippen MR) is 47.0 cm³/mol. The van der Waals surface area contributed by atoms with Gasteiger partial charge < -0.3 is 0 Å². The Kier molecular flexibility index (Phi) is 4.20. The maximum absolute atomic E-state index is 3.86. The minimum atomic E-state index is 0.606. The third-order valence-corrected chi connectivity index (χ3v) is 2.36. The first kappa shape index (κ1) is 9.22. The molecule has 0 aliphatic carbocycles. The molecule has 2 unspecified atom stereocenters. The van der Waals surface area contributed by atoms with Gasteiger partial charge >= 0.3 is 0 Å². The Morgan fingerprint density at radius 1 is 1.56 bits per heavy atom. The van der Waals surface area contributed by atoms with Crippen molar-refractivity contribution in [3.63, 3.8) is 0 Å². The van der Waals surface area contributed by atoms with Crippen LogP contribution >= 0.6 is 15.9 Å². The Balaban J connectivity index is 3.50. The summed E-state index contributed by atoms with van der Waals surface area (Å²) in [6.07, 6.45) is 1.13. The molecule has 0 aliphatic heterocycles. The van der Waals surface area contributed by atoms with Gasteiger partial charge in [-0.1, -0.05) is 35.4 Å². The van der Waals surface area contributed by atoms with Gasteiger partial charge in [0, 0.05) is 4.83 Å². The van der Waals surface area contributed by atoms with Crippen LogP contribution in [0.4, 0.5) is 0 Å². The molecule has 9 heavy (non-hydrogen) atoms. The van der Waals surface area contributed by atoms with E-state index in [2.05, 4.69) is 43.3 Å². The van der Waals surface area contributed by atoms with Crippen LogP contribution in [0.25, 0.3) is 0 Å². The lowest BCUT2D eigenvalue weighted by molar-refractivity contribution is 0.579. The minimum absolute atomic E-state index is 0.606. The van der Waals surface area contributed by atoms with Gasteiger partial charge in [0.2, 0.25) is 0 Å². The van der Waals surface area contributed by atoms with E-state index in [1.165, 1.54) is 5.57 Å². The maximum atomic E-state index is 3.86. The van der Waals surface area contributed by atoms with Crippen molar-refractivity contribution in [2.24, 2.45) is 5.92 Å². The first-order valence-corrected chi connectivity index (χ1v) is 4.24. The van der Waals surface area contributed by atoms with Crippen LogP contribution < -0.4 is 0 Å². The van der Waals surface area contributed by atoms with Crippen LogP contribution in [0.5, 0.6) is 0 Å². The van der Waals surface area contributed by atoms with Crippen LogP contribution in [0.15, 0.2) is 12.2 Å². The lowest BCUT2D eigenvalue weighted by atomic mass is 10.0. The van der Waals surface area contributed by atoms with E-state index in [-0.39, 0.29) is 0 Å². The molecule has 0 fully saturated rings. The van der Waals surface area contributed by atoms with Crippen molar-refractivity contribution < 1.29 is 0 Å². The molecule has 0 amide bonds. The summed E-state index contributed by atoms with van der Waals surface area (Å²) in [5.74, 6) is 0.711. The van der Waals surface area contributed by atoms with Gasteiger partial charge in [-0.05, 0) is 19.3 Å². The number of rotatable bonds is 3. The Morgan fingerprint density at radius 2 is 2.00 bits per heavy atom. The van der Waals surface area contributed by atoms with Crippen molar-refractivity contribution in [3.05, 3.63) is 12.2 Å². The van der Waals surface area contributed by atoms with Crippen molar-refractivity contribution >= 4 is 15.9 Å². The molecule has 0 radical (unpaired) electrons. The SMILES string of the molecule is C=C(C)CC(C)C(C)Br. The molecule has 0 bridgehead atoms. The molecule has 54 valence electrons. The topological polar surface area (TPSA) is 0 Å². The van der Waals surface area contributed by atoms with Gasteiger partial charge in [-0.15, -0.1) is 6.58 Å². The molecule has 0 aromatic carbocycles. The Labute approximate surface area is 66.5 Å². The molecular weight excluding hydrogens is 176 g/mol. The average molecular weight is 191 g/mol. The van der Waals surface area contributed by atoms with E-state index in [0.717, 1.165) is 6.42 Å². The van der Waals surface area contributed by atoms with E-state index >= 15 is 0 Å². The fourth-order valence-electron chi connectivity index (χ4n) is 0.712. The fourth-order valence-corrected chi connectivity index (χ4v) is 0.899. The lowest BCUT2D eigenvalue weighted by Gasteiger charge is -2.12. The third kappa shape index (κ3) is 4.71. The molecule has 0 aliphatic rings. The number of allylic oxidation sites excluding steroid dienone is 1. The quantitative estimate of drug-likeness (QED) is 0.473. The number of halogens is 1. The summed E-state index contributed by atoms with van der Waals surface area (Å²) in [7, 11) is 0.